The van der Waals surface area contributed by atoms with Gasteiger partial charge in [-0.25, -0.2) is 9.67 Å². The summed E-state index contributed by atoms with van der Waals surface area (Å²) in [6.07, 6.45) is 1.68. The quantitative estimate of drug-likeness (QED) is 0.447. The third kappa shape index (κ3) is 4.44. The number of amides is 1. The monoisotopic (exact) mass is 436 g/mol. The van der Waals surface area contributed by atoms with Crippen LogP contribution in [-0.2, 0) is 11.3 Å². The van der Waals surface area contributed by atoms with E-state index >= 15 is 0 Å². The van der Waals surface area contributed by atoms with Crippen LogP contribution in [0.25, 0.3) is 22.2 Å². The smallest absolute Gasteiger partial charge is 0.387 e. The highest BCUT2D eigenvalue weighted by molar-refractivity contribution is 5.97. The minimum absolute atomic E-state index is 0.0882. The minimum Gasteiger partial charge on any atom is -0.433 e. The van der Waals surface area contributed by atoms with Gasteiger partial charge in [0.1, 0.15) is 12.3 Å². The fraction of sp³-hybridized carbons (Fsp3) is 0.208. The molecule has 2 heterocycles. The Bertz CT molecular complexity index is 1300. The molecule has 0 unspecified atom stereocenters. The summed E-state index contributed by atoms with van der Waals surface area (Å²) in [7, 11) is 0. The predicted octanol–water partition coefficient (Wildman–Crippen LogP) is 5.26. The lowest BCUT2D eigenvalue weighted by Gasteiger charge is -2.13. The SMILES string of the molecule is Cc1cccc(-c2ccnc3c2c(C)nn3CC(=O)Nc2ccc(C)cc2OC(F)F)c1. The van der Waals surface area contributed by atoms with Crippen LogP contribution in [0, 0.1) is 20.8 Å². The molecule has 4 aromatic rings. The lowest BCUT2D eigenvalue weighted by atomic mass is 10.0. The Kier molecular flexibility index (Phi) is 5.85. The van der Waals surface area contributed by atoms with E-state index in [1.54, 1.807) is 19.2 Å². The number of carbonyl (C=O) groups is 1. The molecule has 2 aromatic carbocycles. The van der Waals surface area contributed by atoms with Gasteiger partial charge in [-0.3, -0.25) is 4.79 Å². The van der Waals surface area contributed by atoms with Crippen LogP contribution in [0.2, 0.25) is 0 Å². The Balaban J connectivity index is 1.63. The number of nitrogens with one attached hydrogen (secondary N) is 1. The van der Waals surface area contributed by atoms with Crippen LogP contribution < -0.4 is 10.1 Å². The highest BCUT2D eigenvalue weighted by Gasteiger charge is 2.17. The lowest BCUT2D eigenvalue weighted by Crippen LogP contribution is -2.20. The number of benzene rings is 2. The van der Waals surface area contributed by atoms with Gasteiger partial charge in [-0.15, -0.1) is 0 Å². The number of alkyl halides is 2. The summed E-state index contributed by atoms with van der Waals surface area (Å²) >= 11 is 0. The number of nitrogens with zero attached hydrogens (tertiary/aromatic N) is 3. The number of fused-ring (bicyclic) bond motifs is 1. The number of aryl methyl sites for hydroxylation is 3. The summed E-state index contributed by atoms with van der Waals surface area (Å²) in [6, 6.07) is 14.7. The number of rotatable bonds is 6. The van der Waals surface area contributed by atoms with Gasteiger partial charge in [-0.05, 0) is 55.7 Å². The predicted molar refractivity (Wildman–Crippen MR) is 119 cm³/mol. The van der Waals surface area contributed by atoms with Crippen molar-refractivity contribution in [1.29, 1.82) is 0 Å². The Labute approximate surface area is 183 Å². The van der Waals surface area contributed by atoms with E-state index in [1.807, 2.05) is 38.1 Å². The van der Waals surface area contributed by atoms with E-state index in [-0.39, 0.29) is 18.0 Å². The first kappa shape index (κ1) is 21.4. The highest BCUT2D eigenvalue weighted by atomic mass is 19.3. The maximum atomic E-state index is 12.7. The van der Waals surface area contributed by atoms with Crippen molar-refractivity contribution >= 4 is 22.6 Å². The molecule has 4 rings (SSSR count). The van der Waals surface area contributed by atoms with Crippen LogP contribution in [-0.4, -0.2) is 27.3 Å². The van der Waals surface area contributed by atoms with E-state index in [2.05, 4.69) is 26.2 Å². The molecule has 32 heavy (non-hydrogen) atoms. The van der Waals surface area contributed by atoms with Gasteiger partial charge in [-0.2, -0.15) is 13.9 Å². The topological polar surface area (TPSA) is 69.0 Å². The summed E-state index contributed by atoms with van der Waals surface area (Å²) in [5, 5.41) is 8.00. The zero-order valence-corrected chi connectivity index (χ0v) is 17.9. The summed E-state index contributed by atoms with van der Waals surface area (Å²) in [5.74, 6) is -0.519. The molecule has 0 saturated heterocycles. The molecule has 0 fully saturated rings. The molecule has 0 aliphatic carbocycles. The van der Waals surface area contributed by atoms with Crippen molar-refractivity contribution in [1.82, 2.24) is 14.8 Å². The van der Waals surface area contributed by atoms with Gasteiger partial charge in [0, 0.05) is 11.6 Å². The fourth-order valence-corrected chi connectivity index (χ4v) is 3.70. The first-order chi connectivity index (χ1) is 15.3. The second kappa shape index (κ2) is 8.74. The molecule has 0 radical (unpaired) electrons. The van der Waals surface area contributed by atoms with Crippen LogP contribution in [0.15, 0.2) is 54.7 Å². The van der Waals surface area contributed by atoms with Gasteiger partial charge in [0.05, 0.1) is 11.4 Å². The molecular formula is C24H22F2N4O2. The van der Waals surface area contributed by atoms with Crippen LogP contribution in [0.1, 0.15) is 16.8 Å². The van der Waals surface area contributed by atoms with Crippen LogP contribution in [0.4, 0.5) is 14.5 Å². The second-order valence-electron chi connectivity index (χ2n) is 7.60. The third-order valence-electron chi connectivity index (χ3n) is 5.06. The fourth-order valence-electron chi connectivity index (χ4n) is 3.70. The molecule has 6 nitrogen and oxygen atoms in total. The molecule has 0 bridgehead atoms. The second-order valence-corrected chi connectivity index (χ2v) is 7.60. The first-order valence-corrected chi connectivity index (χ1v) is 10.1. The van der Waals surface area contributed by atoms with Crippen molar-refractivity contribution in [2.24, 2.45) is 0 Å². The molecule has 8 heteroatoms. The number of hydrogen-bond acceptors (Lipinski definition) is 4. The van der Waals surface area contributed by atoms with Crippen LogP contribution in [0.5, 0.6) is 5.75 Å². The first-order valence-electron chi connectivity index (χ1n) is 10.1. The van der Waals surface area contributed by atoms with Crippen LogP contribution >= 0.6 is 0 Å². The van der Waals surface area contributed by atoms with E-state index in [0.29, 0.717) is 5.65 Å². The summed E-state index contributed by atoms with van der Waals surface area (Å²) < 4.78 is 31.5. The average Bonchev–Trinajstić information content (AvgIpc) is 3.05. The average molecular weight is 436 g/mol. The Morgan fingerprint density at radius 3 is 2.62 bits per heavy atom. The molecule has 0 aliphatic rings. The van der Waals surface area contributed by atoms with Gasteiger partial charge in [0.25, 0.3) is 0 Å². The zero-order valence-electron chi connectivity index (χ0n) is 17.9. The number of aromatic nitrogens is 3. The highest BCUT2D eigenvalue weighted by Crippen LogP contribution is 2.31. The van der Waals surface area contributed by atoms with E-state index < -0.39 is 12.5 Å². The minimum atomic E-state index is -2.99. The van der Waals surface area contributed by atoms with Crippen LogP contribution in [0.3, 0.4) is 0 Å². The largest absolute Gasteiger partial charge is 0.433 e. The van der Waals surface area contributed by atoms with Gasteiger partial charge < -0.3 is 10.1 Å². The van der Waals surface area contributed by atoms with Crippen molar-refractivity contribution in [3.63, 3.8) is 0 Å². The zero-order chi connectivity index (χ0) is 22.8. The molecular weight excluding hydrogens is 414 g/mol. The normalized spacial score (nSPS) is 11.2. The number of hydrogen-bond donors (Lipinski definition) is 1. The van der Waals surface area contributed by atoms with Crippen molar-refractivity contribution in [3.8, 4) is 16.9 Å². The molecule has 0 spiro atoms. The standard InChI is InChI=1S/C24H22F2N4O2/c1-14-5-4-6-17(11-14)18-9-10-27-23-22(18)16(3)29-30(23)13-21(31)28-19-8-7-15(2)12-20(19)32-24(25)26/h4-12,24H,13H2,1-3H3,(H,28,31). The summed E-state index contributed by atoms with van der Waals surface area (Å²) in [4.78, 5) is 17.2. The van der Waals surface area contributed by atoms with Crippen molar-refractivity contribution in [3.05, 3.63) is 71.5 Å². The molecule has 0 atom stereocenters. The van der Waals surface area contributed by atoms with Gasteiger partial charge in [0.2, 0.25) is 5.91 Å². The molecule has 164 valence electrons. The maximum Gasteiger partial charge on any atom is 0.387 e. The van der Waals surface area contributed by atoms with E-state index in [0.717, 1.165) is 33.3 Å². The number of carbonyl (C=O) groups excluding carboxylic acids is 1. The van der Waals surface area contributed by atoms with Gasteiger partial charge in [0.15, 0.2) is 5.65 Å². The lowest BCUT2D eigenvalue weighted by molar-refractivity contribution is -0.116. The molecule has 2 aromatic heterocycles. The number of pyridine rings is 1. The number of ether oxygens (including phenoxy) is 1. The summed E-state index contributed by atoms with van der Waals surface area (Å²) in [6.45, 7) is 2.53. The Hall–Kier alpha value is -3.81. The molecule has 0 saturated carbocycles. The molecule has 1 amide bonds. The van der Waals surface area contributed by atoms with Crippen molar-refractivity contribution in [2.75, 3.05) is 5.32 Å². The molecule has 1 N–H and O–H groups in total. The third-order valence-corrected chi connectivity index (χ3v) is 5.06. The van der Waals surface area contributed by atoms with E-state index in [4.69, 9.17) is 0 Å². The Morgan fingerprint density at radius 1 is 1.09 bits per heavy atom. The van der Waals surface area contributed by atoms with Gasteiger partial charge >= 0.3 is 6.61 Å². The van der Waals surface area contributed by atoms with Crippen molar-refractivity contribution < 1.29 is 18.3 Å². The summed E-state index contributed by atoms with van der Waals surface area (Å²) in [5.41, 5.74) is 5.38. The van der Waals surface area contributed by atoms with Crippen molar-refractivity contribution in [2.45, 2.75) is 33.9 Å². The van der Waals surface area contributed by atoms with E-state index in [9.17, 15) is 13.6 Å². The number of anilines is 1. The molecule has 0 aliphatic heterocycles. The number of halogens is 2. The Morgan fingerprint density at radius 2 is 1.88 bits per heavy atom. The maximum absolute atomic E-state index is 12.7. The van der Waals surface area contributed by atoms with Gasteiger partial charge in [-0.1, -0.05) is 35.9 Å². The van der Waals surface area contributed by atoms with E-state index in [1.165, 1.54) is 16.8 Å².